The van der Waals surface area contributed by atoms with E-state index >= 15 is 0 Å². The third kappa shape index (κ3) is 3.31. The molecule has 1 aromatic carbocycles. The van der Waals surface area contributed by atoms with Gasteiger partial charge in [0.2, 0.25) is 0 Å². The molecule has 1 saturated heterocycles. The highest BCUT2D eigenvalue weighted by molar-refractivity contribution is 7.80. The summed E-state index contributed by atoms with van der Waals surface area (Å²) in [6, 6.07) is 5.37. The summed E-state index contributed by atoms with van der Waals surface area (Å²) >= 11 is 4.95. The van der Waals surface area contributed by atoms with Gasteiger partial charge in [-0.1, -0.05) is 19.1 Å². The summed E-state index contributed by atoms with van der Waals surface area (Å²) in [4.78, 5) is 2.66. The molecule has 0 aliphatic carbocycles. The van der Waals surface area contributed by atoms with Crippen LogP contribution in [0.3, 0.4) is 0 Å². The van der Waals surface area contributed by atoms with Gasteiger partial charge < -0.3 is 5.73 Å². The summed E-state index contributed by atoms with van der Waals surface area (Å²) in [5.41, 5.74) is 7.04. The quantitative estimate of drug-likeness (QED) is 0.863. The standard InChI is InChI=1S/C15H21FN2S/c1-10-4-3-7-18(11(10)2)9-13-8-12(15(17)19)5-6-14(13)16/h5-6,8,10-11H,3-4,7,9H2,1-2H3,(H2,17,19). The van der Waals surface area contributed by atoms with E-state index in [4.69, 9.17) is 18.0 Å². The number of halogens is 1. The van der Waals surface area contributed by atoms with Crippen LogP contribution in [0.1, 0.15) is 37.8 Å². The molecule has 2 nitrogen and oxygen atoms in total. The third-order valence-electron chi connectivity index (χ3n) is 4.21. The molecule has 2 atom stereocenters. The van der Waals surface area contributed by atoms with Crippen molar-refractivity contribution in [2.45, 2.75) is 39.3 Å². The minimum absolute atomic E-state index is 0.176. The van der Waals surface area contributed by atoms with Gasteiger partial charge in [0.05, 0.1) is 0 Å². The van der Waals surface area contributed by atoms with E-state index in [2.05, 4.69) is 18.7 Å². The Morgan fingerprint density at radius 2 is 2.21 bits per heavy atom. The highest BCUT2D eigenvalue weighted by Gasteiger charge is 2.25. The maximum Gasteiger partial charge on any atom is 0.127 e. The van der Waals surface area contributed by atoms with Gasteiger partial charge in [0, 0.05) is 23.7 Å². The molecular formula is C15H21FN2S. The van der Waals surface area contributed by atoms with E-state index in [0.717, 1.165) is 12.1 Å². The Labute approximate surface area is 119 Å². The van der Waals surface area contributed by atoms with Crippen LogP contribution in [-0.2, 0) is 6.54 Å². The van der Waals surface area contributed by atoms with Crippen molar-refractivity contribution < 1.29 is 4.39 Å². The molecule has 0 saturated carbocycles. The van der Waals surface area contributed by atoms with E-state index < -0.39 is 0 Å². The molecule has 1 heterocycles. The molecular weight excluding hydrogens is 259 g/mol. The predicted molar refractivity (Wildman–Crippen MR) is 80.6 cm³/mol. The minimum atomic E-state index is -0.176. The van der Waals surface area contributed by atoms with E-state index in [1.54, 1.807) is 12.1 Å². The molecule has 19 heavy (non-hydrogen) atoms. The summed E-state index contributed by atoms with van der Waals surface area (Å²) in [7, 11) is 0. The number of rotatable bonds is 3. The Morgan fingerprint density at radius 3 is 2.89 bits per heavy atom. The third-order valence-corrected chi connectivity index (χ3v) is 4.44. The second-order valence-corrected chi connectivity index (χ2v) is 5.94. The fraction of sp³-hybridized carbons (Fsp3) is 0.533. The molecule has 1 aliphatic rings. The second kappa shape index (κ2) is 5.97. The van der Waals surface area contributed by atoms with Gasteiger partial charge in [0.15, 0.2) is 0 Å². The number of likely N-dealkylation sites (tertiary alicyclic amines) is 1. The van der Waals surface area contributed by atoms with Crippen LogP contribution in [0.4, 0.5) is 4.39 Å². The van der Waals surface area contributed by atoms with E-state index in [0.29, 0.717) is 29.1 Å². The van der Waals surface area contributed by atoms with Crippen LogP contribution < -0.4 is 5.73 Å². The summed E-state index contributed by atoms with van der Waals surface area (Å²) < 4.78 is 13.9. The molecule has 0 radical (unpaired) electrons. The molecule has 2 unspecified atom stereocenters. The summed E-state index contributed by atoms with van der Waals surface area (Å²) in [6.07, 6.45) is 2.44. The largest absolute Gasteiger partial charge is 0.389 e. The first-order valence-electron chi connectivity index (χ1n) is 6.81. The molecule has 0 bridgehead atoms. The van der Waals surface area contributed by atoms with Crippen LogP contribution in [0, 0.1) is 11.7 Å². The Bertz CT molecular complexity index is 475. The first-order valence-corrected chi connectivity index (χ1v) is 7.22. The number of benzene rings is 1. The zero-order valence-corrected chi connectivity index (χ0v) is 12.3. The smallest absolute Gasteiger partial charge is 0.127 e. The molecule has 4 heteroatoms. The lowest BCUT2D eigenvalue weighted by molar-refractivity contribution is 0.105. The average Bonchev–Trinajstić information content (AvgIpc) is 2.37. The monoisotopic (exact) mass is 280 g/mol. The zero-order chi connectivity index (χ0) is 14.0. The predicted octanol–water partition coefficient (Wildman–Crippen LogP) is 3.08. The SMILES string of the molecule is CC1CCCN(Cc2cc(C(N)=S)ccc2F)C1C. The maximum atomic E-state index is 13.9. The van der Waals surface area contributed by atoms with Crippen LogP contribution in [0.15, 0.2) is 18.2 Å². The maximum absolute atomic E-state index is 13.9. The van der Waals surface area contributed by atoms with E-state index in [9.17, 15) is 4.39 Å². The lowest BCUT2D eigenvalue weighted by Crippen LogP contribution is -2.41. The topological polar surface area (TPSA) is 29.3 Å². The Morgan fingerprint density at radius 1 is 1.47 bits per heavy atom. The lowest BCUT2D eigenvalue weighted by atomic mass is 9.91. The normalized spacial score (nSPS) is 24.4. The molecule has 1 aromatic rings. The molecule has 104 valence electrons. The molecule has 0 aromatic heterocycles. The van der Waals surface area contributed by atoms with Crippen molar-refractivity contribution in [3.8, 4) is 0 Å². The average molecular weight is 280 g/mol. The van der Waals surface area contributed by atoms with Gasteiger partial charge in [0.1, 0.15) is 10.8 Å². The number of nitrogens with zero attached hydrogens (tertiary/aromatic N) is 1. The van der Waals surface area contributed by atoms with Crippen LogP contribution in [-0.4, -0.2) is 22.5 Å². The van der Waals surface area contributed by atoms with Gasteiger partial charge in [-0.3, -0.25) is 4.90 Å². The van der Waals surface area contributed by atoms with Crippen molar-refractivity contribution in [2.75, 3.05) is 6.54 Å². The zero-order valence-electron chi connectivity index (χ0n) is 11.5. The first-order chi connectivity index (χ1) is 8.99. The van der Waals surface area contributed by atoms with Gasteiger partial charge >= 0.3 is 0 Å². The number of hydrogen-bond donors (Lipinski definition) is 1. The van der Waals surface area contributed by atoms with Crippen molar-refractivity contribution in [1.29, 1.82) is 0 Å². The van der Waals surface area contributed by atoms with Crippen LogP contribution >= 0.6 is 12.2 Å². The second-order valence-electron chi connectivity index (χ2n) is 5.50. The molecule has 2 N–H and O–H groups in total. The van der Waals surface area contributed by atoms with Gasteiger partial charge in [0.25, 0.3) is 0 Å². The summed E-state index contributed by atoms with van der Waals surface area (Å²) in [5.74, 6) is 0.487. The molecule has 0 amide bonds. The van der Waals surface area contributed by atoms with Crippen molar-refractivity contribution in [3.63, 3.8) is 0 Å². The van der Waals surface area contributed by atoms with E-state index in [1.165, 1.54) is 18.9 Å². The Balaban J connectivity index is 2.18. The van der Waals surface area contributed by atoms with Gasteiger partial charge in [-0.05, 0) is 50.4 Å². The van der Waals surface area contributed by atoms with E-state index in [-0.39, 0.29) is 5.82 Å². The van der Waals surface area contributed by atoms with Crippen molar-refractivity contribution in [2.24, 2.45) is 11.7 Å². The molecule has 1 aliphatic heterocycles. The van der Waals surface area contributed by atoms with E-state index in [1.807, 2.05) is 0 Å². The first kappa shape index (κ1) is 14.4. The number of piperidine rings is 1. The lowest BCUT2D eigenvalue weighted by Gasteiger charge is -2.38. The highest BCUT2D eigenvalue weighted by Crippen LogP contribution is 2.25. The summed E-state index contributed by atoms with van der Waals surface area (Å²) in [5, 5.41) is 0. The van der Waals surface area contributed by atoms with Crippen LogP contribution in [0.25, 0.3) is 0 Å². The summed E-state index contributed by atoms with van der Waals surface area (Å²) in [6.45, 7) is 6.15. The minimum Gasteiger partial charge on any atom is -0.389 e. The fourth-order valence-corrected chi connectivity index (χ4v) is 2.84. The fourth-order valence-electron chi connectivity index (χ4n) is 2.71. The van der Waals surface area contributed by atoms with Gasteiger partial charge in [-0.15, -0.1) is 0 Å². The Hall–Kier alpha value is -1.00. The number of hydrogen-bond acceptors (Lipinski definition) is 2. The van der Waals surface area contributed by atoms with Crippen molar-refractivity contribution >= 4 is 17.2 Å². The number of thiocarbonyl (C=S) groups is 1. The van der Waals surface area contributed by atoms with Gasteiger partial charge in [-0.25, -0.2) is 4.39 Å². The van der Waals surface area contributed by atoms with Gasteiger partial charge in [-0.2, -0.15) is 0 Å². The molecule has 2 rings (SSSR count). The van der Waals surface area contributed by atoms with Crippen LogP contribution in [0.5, 0.6) is 0 Å². The molecule has 1 fully saturated rings. The Kier molecular flexibility index (Phi) is 4.53. The van der Waals surface area contributed by atoms with Crippen molar-refractivity contribution in [3.05, 3.63) is 35.1 Å². The number of nitrogens with two attached hydrogens (primary N) is 1. The molecule has 0 spiro atoms. The van der Waals surface area contributed by atoms with Crippen LogP contribution in [0.2, 0.25) is 0 Å². The van der Waals surface area contributed by atoms with Crippen molar-refractivity contribution in [1.82, 2.24) is 4.90 Å². The highest BCUT2D eigenvalue weighted by atomic mass is 32.1.